The van der Waals surface area contributed by atoms with Crippen LogP contribution in [0.3, 0.4) is 0 Å². The van der Waals surface area contributed by atoms with Crippen LogP contribution in [0.15, 0.2) is 200 Å². The number of unbranched alkanes of at least 4 members (excludes halogenated alkanes) is 6. The zero-order valence-electron chi connectivity index (χ0n) is 46.1. The topological polar surface area (TPSA) is 3.24 Å². The van der Waals surface area contributed by atoms with Crippen LogP contribution in [-0.2, 0) is 10.8 Å². The molecule has 0 saturated heterocycles. The van der Waals surface area contributed by atoms with E-state index < -0.39 is 0 Å². The Bertz CT molecular complexity index is 3940. The maximum Gasteiger partial charge on any atom is 0.0540 e. The molecule has 2 aliphatic carbocycles. The van der Waals surface area contributed by atoms with E-state index in [9.17, 15) is 0 Å². The largest absolute Gasteiger partial charge is 0.309 e. The van der Waals surface area contributed by atoms with Gasteiger partial charge in [-0.1, -0.05) is 243 Å². The summed E-state index contributed by atoms with van der Waals surface area (Å²) in [5.41, 5.74) is 22.6. The highest BCUT2D eigenvalue weighted by molar-refractivity contribution is 6.21. The molecule has 13 rings (SSSR count). The fourth-order valence-electron chi connectivity index (χ4n) is 14.4. The Morgan fingerprint density at radius 3 is 1.25 bits per heavy atom. The highest BCUT2D eigenvalue weighted by Crippen LogP contribution is 2.58. The Labute approximate surface area is 457 Å². The van der Waals surface area contributed by atoms with Crippen molar-refractivity contribution in [2.45, 2.75) is 117 Å². The number of hydrogen-bond donors (Lipinski definition) is 0. The molecule has 0 fully saturated rings. The van der Waals surface area contributed by atoms with E-state index in [0.717, 1.165) is 12.8 Å². The van der Waals surface area contributed by atoms with E-state index in [-0.39, 0.29) is 10.8 Å². The molecule has 0 bridgehead atoms. The molecule has 380 valence electrons. The van der Waals surface area contributed by atoms with Crippen molar-refractivity contribution >= 4 is 60.2 Å². The number of rotatable bonds is 15. The monoisotopic (exact) mass is 998 g/mol. The van der Waals surface area contributed by atoms with Gasteiger partial charge in [-0.05, 0) is 173 Å². The fourth-order valence-corrected chi connectivity index (χ4v) is 14.4. The molecular formula is C76H71N. The molecule has 0 aliphatic heterocycles. The lowest BCUT2D eigenvalue weighted by Crippen LogP contribution is -2.26. The third-order valence-electron chi connectivity index (χ3n) is 18.3. The Morgan fingerprint density at radius 2 is 0.740 bits per heavy atom. The van der Waals surface area contributed by atoms with E-state index >= 15 is 0 Å². The molecule has 1 heteroatoms. The first-order chi connectivity index (χ1) is 37.7. The molecule has 0 spiro atoms. The maximum absolute atomic E-state index is 2.68. The molecule has 0 unspecified atom stereocenters. The second kappa shape index (κ2) is 19.7. The molecular weight excluding hydrogens is 927 g/mol. The first kappa shape index (κ1) is 48.9. The minimum absolute atomic E-state index is 0.0851. The Hall–Kier alpha value is -7.74. The fraction of sp³-hybridized carbons (Fsp3) is 0.237. The number of anilines is 3. The van der Waals surface area contributed by atoms with Gasteiger partial charge in [0.25, 0.3) is 0 Å². The summed E-state index contributed by atoms with van der Waals surface area (Å²) >= 11 is 0. The molecule has 1 nitrogen and oxygen atoms in total. The molecule has 2 aliphatic rings. The molecule has 0 heterocycles. The molecule has 0 aromatic heterocycles. The van der Waals surface area contributed by atoms with Crippen molar-refractivity contribution in [2.24, 2.45) is 0 Å². The van der Waals surface area contributed by atoms with E-state index in [2.05, 4.69) is 247 Å². The molecule has 77 heavy (non-hydrogen) atoms. The van der Waals surface area contributed by atoms with E-state index in [4.69, 9.17) is 0 Å². The van der Waals surface area contributed by atoms with Crippen LogP contribution in [0.2, 0.25) is 0 Å². The third-order valence-corrected chi connectivity index (χ3v) is 18.3. The summed E-state index contributed by atoms with van der Waals surface area (Å²) in [4.78, 5) is 2.60. The predicted molar refractivity (Wildman–Crippen MR) is 333 cm³/mol. The van der Waals surface area contributed by atoms with Gasteiger partial charge in [-0.25, -0.2) is 0 Å². The quantitative estimate of drug-likeness (QED) is 0.0731. The van der Waals surface area contributed by atoms with Gasteiger partial charge in [-0.2, -0.15) is 0 Å². The summed E-state index contributed by atoms with van der Waals surface area (Å²) in [7, 11) is 0. The number of nitrogens with zero attached hydrogens (tertiary/aromatic N) is 1. The lowest BCUT2D eigenvalue weighted by Gasteiger charge is -2.35. The zero-order chi connectivity index (χ0) is 52.4. The minimum Gasteiger partial charge on any atom is -0.309 e. The van der Waals surface area contributed by atoms with Crippen LogP contribution in [-0.4, -0.2) is 0 Å². The minimum atomic E-state index is -0.158. The Kier molecular flexibility index (Phi) is 12.5. The van der Waals surface area contributed by atoms with Gasteiger partial charge in [0.15, 0.2) is 0 Å². The van der Waals surface area contributed by atoms with Gasteiger partial charge in [-0.15, -0.1) is 0 Å². The summed E-state index contributed by atoms with van der Waals surface area (Å²) in [5, 5.41) is 10.4. The molecule has 0 amide bonds. The highest BCUT2D eigenvalue weighted by atomic mass is 15.1. The lowest BCUT2D eigenvalue weighted by atomic mass is 9.70. The van der Waals surface area contributed by atoms with Crippen molar-refractivity contribution in [3.05, 3.63) is 234 Å². The zero-order valence-corrected chi connectivity index (χ0v) is 46.1. The van der Waals surface area contributed by atoms with Crippen LogP contribution in [0.25, 0.3) is 87.6 Å². The second-order valence-electron chi connectivity index (χ2n) is 23.2. The van der Waals surface area contributed by atoms with E-state index in [0.29, 0.717) is 0 Å². The van der Waals surface area contributed by atoms with Gasteiger partial charge in [0.05, 0.1) is 11.4 Å². The molecule has 0 radical (unpaired) electrons. The average Bonchev–Trinajstić information content (AvgIpc) is 4.11. The summed E-state index contributed by atoms with van der Waals surface area (Å²) in [6, 6.07) is 77.5. The van der Waals surface area contributed by atoms with Crippen LogP contribution in [0.5, 0.6) is 0 Å². The van der Waals surface area contributed by atoms with Crippen molar-refractivity contribution in [3.63, 3.8) is 0 Å². The van der Waals surface area contributed by atoms with E-state index in [1.807, 2.05) is 0 Å². The van der Waals surface area contributed by atoms with Gasteiger partial charge in [0.1, 0.15) is 0 Å². The smallest absolute Gasteiger partial charge is 0.0540 e. The van der Waals surface area contributed by atoms with Crippen molar-refractivity contribution in [3.8, 4) is 44.5 Å². The summed E-state index contributed by atoms with van der Waals surface area (Å²) in [6.07, 6.45) is 12.1. The van der Waals surface area contributed by atoms with E-state index in [1.54, 1.807) is 0 Å². The SMILES string of the molecule is CCCCCCC1(CCCCCC)c2cc(-c3c4ccccc4c(-c4ccc5c(c4)C(C)(C)c4ccccc4-5)c4ccccc34)ccc2-c2ccc(N(c3ccc(C)c4ccccc34)c3ccc(C)c4ccccc34)cc21. The number of fused-ring (bicyclic) bond motifs is 10. The molecule has 0 saturated carbocycles. The van der Waals surface area contributed by atoms with Crippen molar-refractivity contribution in [1.82, 2.24) is 0 Å². The first-order valence-corrected chi connectivity index (χ1v) is 29.0. The van der Waals surface area contributed by atoms with Gasteiger partial charge in [-0.3, -0.25) is 0 Å². The normalized spacial score (nSPS) is 13.8. The van der Waals surface area contributed by atoms with Crippen LogP contribution in [0, 0.1) is 13.8 Å². The van der Waals surface area contributed by atoms with Crippen molar-refractivity contribution in [2.75, 3.05) is 4.90 Å². The lowest BCUT2D eigenvalue weighted by molar-refractivity contribution is 0.401. The van der Waals surface area contributed by atoms with Crippen LogP contribution >= 0.6 is 0 Å². The maximum atomic E-state index is 2.68. The molecule has 0 N–H and O–H groups in total. The second-order valence-corrected chi connectivity index (χ2v) is 23.2. The Morgan fingerprint density at radius 1 is 0.338 bits per heavy atom. The summed E-state index contributed by atoms with van der Waals surface area (Å²) in [5.74, 6) is 0. The highest BCUT2D eigenvalue weighted by Gasteiger charge is 2.43. The molecule has 0 atom stereocenters. The van der Waals surface area contributed by atoms with Gasteiger partial charge >= 0.3 is 0 Å². The third kappa shape index (κ3) is 7.94. The van der Waals surface area contributed by atoms with Crippen LogP contribution in [0.4, 0.5) is 17.1 Å². The number of hydrogen-bond acceptors (Lipinski definition) is 1. The van der Waals surface area contributed by atoms with Gasteiger partial charge < -0.3 is 4.90 Å². The Balaban J connectivity index is 1.02. The van der Waals surface area contributed by atoms with Crippen molar-refractivity contribution < 1.29 is 0 Å². The van der Waals surface area contributed by atoms with Gasteiger partial charge in [0, 0.05) is 27.3 Å². The number of aryl methyl sites for hydroxylation is 2. The summed E-state index contributed by atoms with van der Waals surface area (Å²) in [6.45, 7) is 14.0. The number of benzene rings is 11. The average molecular weight is 998 g/mol. The standard InChI is InChI=1S/C76H71N/c1-7-9-11-23-45-76(46-24-12-10-8-2)69-48-53(74-65-32-19-17-30-63(65)73(64-31-18-20-33-66(64)74)52-37-40-58-57-27-21-22-34-67(57)75(5,6)68(58)47-52)38-41-59(69)60-42-39-54(49-70(60)76)77(71-43-35-50(3)55-25-13-15-28-61(55)71)72-44-36-51(4)56-26-14-16-29-62(56)72/h13-22,25-44,47-49H,7-12,23-24,45-46H2,1-6H3. The molecule has 11 aromatic rings. The summed E-state index contributed by atoms with van der Waals surface area (Å²) < 4.78 is 0. The predicted octanol–water partition coefficient (Wildman–Crippen LogP) is 22.2. The van der Waals surface area contributed by atoms with Gasteiger partial charge in [0.2, 0.25) is 0 Å². The van der Waals surface area contributed by atoms with Crippen LogP contribution < -0.4 is 4.90 Å². The molecule has 11 aromatic carbocycles. The van der Waals surface area contributed by atoms with E-state index in [1.165, 1.54) is 189 Å². The first-order valence-electron chi connectivity index (χ1n) is 29.0. The van der Waals surface area contributed by atoms with Crippen LogP contribution in [0.1, 0.15) is 125 Å². The van der Waals surface area contributed by atoms with Crippen molar-refractivity contribution in [1.29, 1.82) is 0 Å².